The van der Waals surface area contributed by atoms with E-state index in [2.05, 4.69) is 34.9 Å². The Morgan fingerprint density at radius 3 is 3.04 bits per heavy atom. The number of urea groups is 1. The minimum absolute atomic E-state index is 0.0147. The maximum absolute atomic E-state index is 12.4. The fourth-order valence-electron chi connectivity index (χ4n) is 4.11. The summed E-state index contributed by atoms with van der Waals surface area (Å²) in [7, 11) is 0. The van der Waals surface area contributed by atoms with E-state index >= 15 is 0 Å². The van der Waals surface area contributed by atoms with E-state index in [-0.39, 0.29) is 23.7 Å². The van der Waals surface area contributed by atoms with Crippen molar-refractivity contribution < 1.29 is 9.53 Å². The number of carbonyl (C=O) groups is 1. The summed E-state index contributed by atoms with van der Waals surface area (Å²) in [6.07, 6.45) is 5.04. The van der Waals surface area contributed by atoms with Crippen molar-refractivity contribution in [3.8, 4) is 0 Å². The van der Waals surface area contributed by atoms with Crippen LogP contribution in [0.2, 0.25) is 0 Å². The van der Waals surface area contributed by atoms with Crippen molar-refractivity contribution in [1.29, 1.82) is 0 Å². The molecule has 2 saturated heterocycles. The summed E-state index contributed by atoms with van der Waals surface area (Å²) in [4.78, 5) is 12.4. The summed E-state index contributed by atoms with van der Waals surface area (Å²) in [5, 5.41) is 6.35. The molecule has 0 radical (unpaired) electrons. The van der Waals surface area contributed by atoms with E-state index in [1.807, 2.05) is 11.8 Å². The zero-order valence-corrected chi connectivity index (χ0v) is 14.2. The number of amides is 2. The van der Waals surface area contributed by atoms with Gasteiger partial charge in [0.1, 0.15) is 0 Å². The van der Waals surface area contributed by atoms with Crippen LogP contribution in [0.25, 0.3) is 0 Å². The third-order valence-electron chi connectivity index (χ3n) is 5.33. The molecule has 3 atom stereocenters. The fraction of sp³-hybridized carbons (Fsp3) is 0.611. The molecule has 3 aliphatic rings. The van der Waals surface area contributed by atoms with Crippen LogP contribution < -0.4 is 10.6 Å². The van der Waals surface area contributed by atoms with Crippen LogP contribution in [-0.2, 0) is 11.2 Å². The van der Waals surface area contributed by atoms with Gasteiger partial charge in [0.15, 0.2) is 0 Å². The number of hydrogen-bond donors (Lipinski definition) is 2. The number of benzene rings is 1. The van der Waals surface area contributed by atoms with Crippen molar-refractivity contribution in [2.75, 3.05) is 18.1 Å². The van der Waals surface area contributed by atoms with E-state index in [0.29, 0.717) is 0 Å². The first kappa shape index (κ1) is 15.3. The molecule has 2 amide bonds. The van der Waals surface area contributed by atoms with Gasteiger partial charge in [-0.05, 0) is 49.0 Å². The highest BCUT2D eigenvalue weighted by atomic mass is 32.2. The van der Waals surface area contributed by atoms with Crippen LogP contribution in [-0.4, -0.2) is 35.8 Å². The Bertz CT molecular complexity index is 586. The number of hydrogen-bond acceptors (Lipinski definition) is 3. The van der Waals surface area contributed by atoms with Gasteiger partial charge in [-0.1, -0.05) is 24.3 Å². The van der Waals surface area contributed by atoms with Crippen LogP contribution in [0.4, 0.5) is 4.79 Å². The topological polar surface area (TPSA) is 50.4 Å². The van der Waals surface area contributed by atoms with E-state index in [1.54, 1.807) is 0 Å². The number of aryl methyl sites for hydroxylation is 1. The molecular formula is C18H24N2O2S. The largest absolute Gasteiger partial charge is 0.374 e. The predicted molar refractivity (Wildman–Crippen MR) is 92.8 cm³/mol. The monoisotopic (exact) mass is 332 g/mol. The van der Waals surface area contributed by atoms with Crippen molar-refractivity contribution in [3.63, 3.8) is 0 Å². The number of nitrogens with one attached hydrogen (secondary N) is 2. The average molecular weight is 332 g/mol. The number of thioether (sulfide) groups is 1. The van der Waals surface area contributed by atoms with Crippen LogP contribution in [0.5, 0.6) is 0 Å². The maximum Gasteiger partial charge on any atom is 0.315 e. The molecular weight excluding hydrogens is 308 g/mol. The molecule has 2 heterocycles. The molecule has 1 aromatic rings. The Morgan fingerprint density at radius 1 is 1.26 bits per heavy atom. The summed E-state index contributed by atoms with van der Waals surface area (Å²) in [6.45, 7) is 0.762. The molecule has 23 heavy (non-hydrogen) atoms. The first-order valence-electron chi connectivity index (χ1n) is 8.61. The third kappa shape index (κ3) is 3.22. The van der Waals surface area contributed by atoms with Crippen molar-refractivity contribution in [2.24, 2.45) is 0 Å². The van der Waals surface area contributed by atoms with E-state index in [9.17, 15) is 4.79 Å². The number of fused-ring (bicyclic) bond motifs is 1. The molecule has 5 heteroatoms. The van der Waals surface area contributed by atoms with Crippen LogP contribution in [0.3, 0.4) is 0 Å². The zero-order valence-electron chi connectivity index (χ0n) is 13.3. The highest BCUT2D eigenvalue weighted by molar-refractivity contribution is 7.99. The maximum atomic E-state index is 12.4. The number of rotatable bonds is 2. The van der Waals surface area contributed by atoms with Gasteiger partial charge in [-0.2, -0.15) is 11.8 Å². The average Bonchev–Trinajstić information content (AvgIpc) is 3.15. The molecule has 0 saturated carbocycles. The van der Waals surface area contributed by atoms with Gasteiger partial charge in [0.25, 0.3) is 0 Å². The molecule has 4 rings (SSSR count). The van der Waals surface area contributed by atoms with Crippen LogP contribution >= 0.6 is 11.8 Å². The molecule has 1 aliphatic carbocycles. The summed E-state index contributed by atoms with van der Waals surface area (Å²) >= 11 is 1.97. The molecule has 2 aliphatic heterocycles. The van der Waals surface area contributed by atoms with Gasteiger partial charge in [-0.15, -0.1) is 0 Å². The lowest BCUT2D eigenvalue weighted by Crippen LogP contribution is -2.51. The van der Waals surface area contributed by atoms with Crippen molar-refractivity contribution in [3.05, 3.63) is 35.4 Å². The second kappa shape index (κ2) is 6.36. The molecule has 1 aromatic carbocycles. The summed E-state index contributed by atoms with van der Waals surface area (Å²) in [5.74, 6) is 2.25. The minimum Gasteiger partial charge on any atom is -0.374 e. The Labute approximate surface area is 141 Å². The molecule has 0 unspecified atom stereocenters. The lowest BCUT2D eigenvalue weighted by molar-refractivity contribution is -0.0684. The van der Waals surface area contributed by atoms with Gasteiger partial charge in [0.2, 0.25) is 0 Å². The summed E-state index contributed by atoms with van der Waals surface area (Å²) < 4.78 is 6.03. The van der Waals surface area contributed by atoms with Gasteiger partial charge in [-0.25, -0.2) is 4.79 Å². The molecule has 124 valence electrons. The quantitative estimate of drug-likeness (QED) is 0.875. The molecule has 1 spiro atoms. The lowest BCUT2D eigenvalue weighted by atomic mass is 9.90. The normalized spacial score (nSPS) is 32.7. The highest BCUT2D eigenvalue weighted by Gasteiger charge is 2.41. The SMILES string of the molecule is O=C(N[C@@H]1CCO[C@]2(CCSC2)C1)N[C@H]1CCc2ccccc21. The standard InChI is InChI=1S/C18H24N2O2S/c21-17(20-16-6-5-13-3-1-2-4-15(13)16)19-14-7-9-22-18(11-14)8-10-23-12-18/h1-4,14,16H,5-12H2,(H2,19,20,21)/t14-,16+,18-/m1/s1. The Kier molecular flexibility index (Phi) is 4.24. The first-order valence-corrected chi connectivity index (χ1v) is 9.76. The number of carbonyl (C=O) groups excluding carboxylic acids is 1. The molecule has 0 aromatic heterocycles. The Balaban J connectivity index is 1.34. The molecule has 0 bridgehead atoms. The van der Waals surface area contributed by atoms with Gasteiger partial charge < -0.3 is 15.4 Å². The van der Waals surface area contributed by atoms with Crippen molar-refractivity contribution in [1.82, 2.24) is 10.6 Å². The molecule has 4 nitrogen and oxygen atoms in total. The number of ether oxygens (including phenoxy) is 1. The Hall–Kier alpha value is -1.20. The fourth-order valence-corrected chi connectivity index (χ4v) is 5.48. The smallest absolute Gasteiger partial charge is 0.315 e. The Morgan fingerprint density at radius 2 is 2.17 bits per heavy atom. The minimum atomic E-state index is -0.0283. The highest BCUT2D eigenvalue weighted by Crippen LogP contribution is 2.38. The predicted octanol–water partition coefficient (Wildman–Crippen LogP) is 3.03. The van der Waals surface area contributed by atoms with Gasteiger partial charge in [0, 0.05) is 18.4 Å². The van der Waals surface area contributed by atoms with E-state index < -0.39 is 0 Å². The lowest BCUT2D eigenvalue weighted by Gasteiger charge is -2.38. The third-order valence-corrected chi connectivity index (χ3v) is 6.56. The first-order chi connectivity index (χ1) is 11.2. The summed E-state index contributed by atoms with van der Waals surface area (Å²) in [6, 6.07) is 8.78. The zero-order chi connectivity index (χ0) is 15.7. The van der Waals surface area contributed by atoms with Gasteiger partial charge in [0.05, 0.1) is 11.6 Å². The van der Waals surface area contributed by atoms with E-state index in [0.717, 1.165) is 44.5 Å². The van der Waals surface area contributed by atoms with E-state index in [1.165, 1.54) is 16.9 Å². The van der Waals surface area contributed by atoms with Gasteiger partial charge in [-0.3, -0.25) is 0 Å². The van der Waals surface area contributed by atoms with Crippen LogP contribution in [0.1, 0.15) is 42.9 Å². The second-order valence-corrected chi connectivity index (χ2v) is 8.04. The molecule has 2 fully saturated rings. The van der Waals surface area contributed by atoms with Gasteiger partial charge >= 0.3 is 6.03 Å². The van der Waals surface area contributed by atoms with Crippen molar-refractivity contribution in [2.45, 2.75) is 49.8 Å². The summed E-state index contributed by atoms with van der Waals surface area (Å²) in [5.41, 5.74) is 2.66. The molecule has 2 N–H and O–H groups in total. The van der Waals surface area contributed by atoms with Crippen LogP contribution in [0.15, 0.2) is 24.3 Å². The second-order valence-electron chi connectivity index (χ2n) is 6.93. The van der Waals surface area contributed by atoms with Crippen LogP contribution in [0, 0.1) is 0 Å². The van der Waals surface area contributed by atoms with Crippen molar-refractivity contribution >= 4 is 17.8 Å². The van der Waals surface area contributed by atoms with E-state index in [4.69, 9.17) is 4.74 Å².